The average Bonchev–Trinajstić information content (AvgIpc) is 2.48. The molecule has 0 aliphatic heterocycles. The zero-order valence-corrected chi connectivity index (χ0v) is 14.2. The molecule has 1 aromatic rings. The summed E-state index contributed by atoms with van der Waals surface area (Å²) in [5.74, 6) is 0.767. The zero-order chi connectivity index (χ0) is 15.3. The van der Waals surface area contributed by atoms with Gasteiger partial charge in [-0.15, -0.1) is 11.8 Å². The number of halogens is 1. The van der Waals surface area contributed by atoms with E-state index in [1.807, 2.05) is 6.07 Å². The first-order valence-electron chi connectivity index (χ1n) is 8.42. The van der Waals surface area contributed by atoms with Crippen LogP contribution in [0.3, 0.4) is 0 Å². The van der Waals surface area contributed by atoms with Gasteiger partial charge in [-0.2, -0.15) is 0 Å². The lowest BCUT2D eigenvalue weighted by Gasteiger charge is -2.04. The number of hydrogen-bond donors (Lipinski definition) is 1. The van der Waals surface area contributed by atoms with E-state index in [0.29, 0.717) is 0 Å². The molecule has 1 nitrogen and oxygen atoms in total. The van der Waals surface area contributed by atoms with Crippen molar-refractivity contribution in [2.24, 2.45) is 0 Å². The van der Waals surface area contributed by atoms with Crippen molar-refractivity contribution in [1.29, 1.82) is 0 Å². The maximum Gasteiger partial charge on any atom is 0.147 e. The van der Waals surface area contributed by atoms with E-state index in [1.54, 1.807) is 17.8 Å². The van der Waals surface area contributed by atoms with Gasteiger partial charge in [-0.1, -0.05) is 64.7 Å². The van der Waals surface area contributed by atoms with Crippen LogP contribution in [0.25, 0.3) is 0 Å². The number of thioether (sulfide) groups is 1. The smallest absolute Gasteiger partial charge is 0.147 e. The lowest BCUT2D eigenvalue weighted by Crippen LogP contribution is -1.90. The highest BCUT2D eigenvalue weighted by atomic mass is 32.2. The van der Waals surface area contributed by atoms with Gasteiger partial charge in [0.05, 0.1) is 5.69 Å². The summed E-state index contributed by atoms with van der Waals surface area (Å²) in [6.45, 7) is 2.26. The molecule has 0 saturated carbocycles. The first kappa shape index (κ1) is 18.3. The quantitative estimate of drug-likeness (QED) is 0.274. The number of nitrogen functional groups attached to an aromatic ring is 1. The zero-order valence-electron chi connectivity index (χ0n) is 13.4. The van der Waals surface area contributed by atoms with Gasteiger partial charge >= 0.3 is 0 Å². The van der Waals surface area contributed by atoms with Crippen LogP contribution in [0.15, 0.2) is 23.1 Å². The van der Waals surface area contributed by atoms with Crippen molar-refractivity contribution >= 4 is 17.4 Å². The van der Waals surface area contributed by atoms with Crippen molar-refractivity contribution in [2.75, 3.05) is 11.5 Å². The van der Waals surface area contributed by atoms with Crippen LogP contribution in [-0.2, 0) is 0 Å². The summed E-state index contributed by atoms with van der Waals surface area (Å²) in [6, 6.07) is 5.09. The Morgan fingerprint density at radius 3 is 2.05 bits per heavy atom. The Hall–Kier alpha value is -0.700. The Morgan fingerprint density at radius 1 is 0.905 bits per heavy atom. The van der Waals surface area contributed by atoms with Crippen LogP contribution in [0.1, 0.15) is 71.1 Å². The summed E-state index contributed by atoms with van der Waals surface area (Å²) in [7, 11) is 0. The Labute approximate surface area is 133 Å². The number of benzene rings is 1. The average molecular weight is 312 g/mol. The van der Waals surface area contributed by atoms with Crippen molar-refractivity contribution in [3.8, 4) is 0 Å². The largest absolute Gasteiger partial charge is 0.396 e. The molecule has 1 rings (SSSR count). The summed E-state index contributed by atoms with van der Waals surface area (Å²) < 4.78 is 13.3. The molecular formula is C18H30FNS. The molecule has 0 unspecified atom stereocenters. The topological polar surface area (TPSA) is 26.0 Å². The van der Waals surface area contributed by atoms with Crippen LogP contribution in [0.5, 0.6) is 0 Å². The van der Waals surface area contributed by atoms with Crippen molar-refractivity contribution in [2.45, 2.75) is 76.0 Å². The molecule has 120 valence electrons. The van der Waals surface area contributed by atoms with Crippen LogP contribution in [0.2, 0.25) is 0 Å². The number of hydrogen-bond acceptors (Lipinski definition) is 2. The van der Waals surface area contributed by atoms with Gasteiger partial charge in [0, 0.05) is 4.90 Å². The molecule has 0 radical (unpaired) electrons. The van der Waals surface area contributed by atoms with Crippen molar-refractivity contribution in [1.82, 2.24) is 0 Å². The fourth-order valence-corrected chi connectivity index (χ4v) is 3.31. The molecule has 0 fully saturated rings. The number of anilines is 1. The van der Waals surface area contributed by atoms with Crippen LogP contribution >= 0.6 is 11.8 Å². The van der Waals surface area contributed by atoms with Crippen LogP contribution in [-0.4, -0.2) is 5.75 Å². The summed E-state index contributed by atoms with van der Waals surface area (Å²) in [5, 5.41) is 0. The highest BCUT2D eigenvalue weighted by molar-refractivity contribution is 7.99. The second kappa shape index (κ2) is 11.9. The molecule has 0 aliphatic rings. The second-order valence-electron chi connectivity index (χ2n) is 5.71. The van der Waals surface area contributed by atoms with E-state index in [0.717, 1.165) is 10.6 Å². The summed E-state index contributed by atoms with van der Waals surface area (Å²) in [6.07, 6.45) is 13.5. The molecule has 1 aromatic carbocycles. The van der Waals surface area contributed by atoms with Gasteiger partial charge in [-0.3, -0.25) is 0 Å². The molecule has 0 amide bonds. The predicted molar refractivity (Wildman–Crippen MR) is 93.4 cm³/mol. The molecular weight excluding hydrogens is 281 g/mol. The minimum Gasteiger partial charge on any atom is -0.396 e. The first-order chi connectivity index (χ1) is 10.2. The lowest BCUT2D eigenvalue weighted by molar-refractivity contribution is 0.563. The van der Waals surface area contributed by atoms with E-state index in [-0.39, 0.29) is 11.5 Å². The van der Waals surface area contributed by atoms with Crippen molar-refractivity contribution in [3.05, 3.63) is 24.0 Å². The second-order valence-corrected chi connectivity index (χ2v) is 6.88. The van der Waals surface area contributed by atoms with E-state index in [4.69, 9.17) is 5.73 Å². The molecule has 0 aromatic heterocycles. The maximum absolute atomic E-state index is 13.3. The minimum atomic E-state index is -0.303. The van der Waals surface area contributed by atoms with Crippen molar-refractivity contribution < 1.29 is 4.39 Å². The van der Waals surface area contributed by atoms with Crippen LogP contribution < -0.4 is 5.73 Å². The monoisotopic (exact) mass is 311 g/mol. The fourth-order valence-electron chi connectivity index (χ4n) is 2.38. The van der Waals surface area contributed by atoms with E-state index in [1.165, 1.54) is 70.3 Å². The summed E-state index contributed by atoms with van der Waals surface area (Å²) >= 11 is 1.73. The van der Waals surface area contributed by atoms with Crippen LogP contribution in [0.4, 0.5) is 10.1 Å². The van der Waals surface area contributed by atoms with Gasteiger partial charge in [0.2, 0.25) is 0 Å². The fraction of sp³-hybridized carbons (Fsp3) is 0.667. The third kappa shape index (κ3) is 9.02. The van der Waals surface area contributed by atoms with Crippen molar-refractivity contribution in [3.63, 3.8) is 0 Å². The van der Waals surface area contributed by atoms with Gasteiger partial charge in [-0.05, 0) is 30.4 Å². The SMILES string of the molecule is CCCCCCCCCCCCSc1ccc(N)c(F)c1. The number of nitrogens with two attached hydrogens (primary N) is 1. The van der Waals surface area contributed by atoms with E-state index >= 15 is 0 Å². The summed E-state index contributed by atoms with van der Waals surface area (Å²) in [5.41, 5.74) is 5.70. The maximum atomic E-state index is 13.3. The van der Waals surface area contributed by atoms with Gasteiger partial charge in [0.1, 0.15) is 5.82 Å². The van der Waals surface area contributed by atoms with E-state index in [2.05, 4.69) is 6.92 Å². The predicted octanol–water partition coefficient (Wildman–Crippen LogP) is 6.42. The third-order valence-corrected chi connectivity index (χ3v) is 4.82. The molecule has 21 heavy (non-hydrogen) atoms. The Kier molecular flexibility index (Phi) is 10.4. The highest BCUT2D eigenvalue weighted by Gasteiger charge is 2.00. The van der Waals surface area contributed by atoms with Crippen LogP contribution in [0, 0.1) is 5.82 Å². The number of unbranched alkanes of at least 4 members (excludes halogenated alkanes) is 9. The molecule has 0 heterocycles. The molecule has 0 spiro atoms. The molecule has 0 atom stereocenters. The van der Waals surface area contributed by atoms with E-state index < -0.39 is 0 Å². The number of rotatable bonds is 12. The Bertz CT molecular complexity index is 381. The highest BCUT2D eigenvalue weighted by Crippen LogP contribution is 2.23. The standard InChI is InChI=1S/C18H30FNS/c1-2-3-4-5-6-7-8-9-10-11-14-21-16-12-13-18(20)17(19)15-16/h12-13,15H,2-11,14,20H2,1H3. The molecule has 0 saturated heterocycles. The summed E-state index contributed by atoms with van der Waals surface area (Å²) in [4.78, 5) is 0.984. The molecule has 2 N–H and O–H groups in total. The van der Waals surface area contributed by atoms with E-state index in [9.17, 15) is 4.39 Å². The molecule has 0 bridgehead atoms. The Balaban J connectivity index is 1.91. The van der Waals surface area contributed by atoms with Gasteiger partial charge in [0.15, 0.2) is 0 Å². The van der Waals surface area contributed by atoms with Gasteiger partial charge < -0.3 is 5.73 Å². The lowest BCUT2D eigenvalue weighted by atomic mass is 10.1. The first-order valence-corrected chi connectivity index (χ1v) is 9.40. The molecule has 3 heteroatoms. The minimum absolute atomic E-state index is 0.235. The molecule has 0 aliphatic carbocycles. The third-order valence-electron chi connectivity index (χ3n) is 3.74. The van der Waals surface area contributed by atoms with Gasteiger partial charge in [-0.25, -0.2) is 4.39 Å². The normalized spacial score (nSPS) is 11.0. The Morgan fingerprint density at radius 2 is 1.48 bits per heavy atom. The van der Waals surface area contributed by atoms with Gasteiger partial charge in [0.25, 0.3) is 0 Å².